The summed E-state index contributed by atoms with van der Waals surface area (Å²) in [5, 5.41) is 4.10. The lowest BCUT2D eigenvalue weighted by atomic mass is 10.2. The molecule has 2 rings (SSSR count). The van der Waals surface area contributed by atoms with E-state index >= 15 is 0 Å². The van der Waals surface area contributed by atoms with Crippen LogP contribution < -0.4 is 0 Å². The predicted octanol–water partition coefficient (Wildman–Crippen LogP) is 2.89. The summed E-state index contributed by atoms with van der Waals surface area (Å²) >= 11 is 1.62. The Morgan fingerprint density at radius 3 is 2.80 bits per heavy atom. The zero-order valence-corrected chi connectivity index (χ0v) is 12.5. The number of esters is 1. The molecule has 2 aromatic rings. The lowest BCUT2D eigenvalue weighted by molar-refractivity contribution is -0.148. The molecule has 0 bridgehead atoms. The number of aromatic nitrogens is 2. The molecule has 4 nitrogen and oxygen atoms in total. The molecule has 0 spiro atoms. The fourth-order valence-electron chi connectivity index (χ4n) is 1.63. The largest absolute Gasteiger partial charge is 0.461 e. The second kappa shape index (κ2) is 7.14. The number of hydrogen-bond donors (Lipinski definition) is 0. The van der Waals surface area contributed by atoms with E-state index in [-0.39, 0.29) is 11.9 Å². The van der Waals surface area contributed by atoms with E-state index in [0.717, 1.165) is 10.5 Å². The maximum Gasteiger partial charge on any atom is 0.309 e. The number of thioether (sulfide) groups is 1. The molecule has 106 valence electrons. The maximum absolute atomic E-state index is 11.9. The van der Waals surface area contributed by atoms with Crippen LogP contribution in [0.25, 0.3) is 0 Å². The highest BCUT2D eigenvalue weighted by atomic mass is 32.2. The Hall–Kier alpha value is -1.75. The molecule has 1 aromatic heterocycles. The molecular formula is C15H18N2O2S. The standard InChI is InChI=1S/C15H18N2O2S/c1-12(11-20-14-8-16-17(2)9-14)15(18)19-10-13-6-4-3-5-7-13/h3-9,12H,10-11H2,1-2H3. The molecule has 0 N–H and O–H groups in total. The van der Waals surface area contributed by atoms with Gasteiger partial charge in [-0.15, -0.1) is 11.8 Å². The van der Waals surface area contributed by atoms with Gasteiger partial charge in [-0.2, -0.15) is 5.10 Å². The lowest BCUT2D eigenvalue weighted by Crippen LogP contribution is -2.16. The van der Waals surface area contributed by atoms with Gasteiger partial charge in [-0.25, -0.2) is 0 Å². The molecule has 0 aliphatic heterocycles. The van der Waals surface area contributed by atoms with Crippen molar-refractivity contribution in [3.05, 3.63) is 48.3 Å². The van der Waals surface area contributed by atoms with Gasteiger partial charge < -0.3 is 4.74 Å². The molecule has 5 heteroatoms. The van der Waals surface area contributed by atoms with Gasteiger partial charge >= 0.3 is 5.97 Å². The van der Waals surface area contributed by atoms with E-state index in [9.17, 15) is 4.79 Å². The minimum absolute atomic E-state index is 0.135. The Kier molecular flexibility index (Phi) is 5.24. The van der Waals surface area contributed by atoms with Crippen molar-refractivity contribution in [2.45, 2.75) is 18.4 Å². The van der Waals surface area contributed by atoms with E-state index in [4.69, 9.17) is 4.74 Å². The molecule has 1 unspecified atom stereocenters. The predicted molar refractivity (Wildman–Crippen MR) is 79.3 cm³/mol. The van der Waals surface area contributed by atoms with Crippen LogP contribution in [0.2, 0.25) is 0 Å². The first-order chi connectivity index (χ1) is 9.65. The van der Waals surface area contributed by atoms with Gasteiger partial charge in [-0.3, -0.25) is 9.48 Å². The molecule has 0 fully saturated rings. The van der Waals surface area contributed by atoms with Gasteiger partial charge in [0.1, 0.15) is 6.61 Å². The van der Waals surface area contributed by atoms with Crippen molar-refractivity contribution in [2.24, 2.45) is 13.0 Å². The van der Waals surface area contributed by atoms with Gasteiger partial charge in [0.25, 0.3) is 0 Å². The van der Waals surface area contributed by atoms with Crippen molar-refractivity contribution >= 4 is 17.7 Å². The average Bonchev–Trinajstić information content (AvgIpc) is 2.89. The molecule has 0 aliphatic carbocycles. The third-order valence-electron chi connectivity index (χ3n) is 2.81. The third-order valence-corrected chi connectivity index (χ3v) is 4.02. The molecule has 0 radical (unpaired) electrons. The van der Waals surface area contributed by atoms with E-state index < -0.39 is 0 Å². The quantitative estimate of drug-likeness (QED) is 0.606. The normalized spacial score (nSPS) is 12.1. The summed E-state index contributed by atoms with van der Waals surface area (Å²) < 4.78 is 7.06. The van der Waals surface area contributed by atoms with Gasteiger partial charge in [0.2, 0.25) is 0 Å². The van der Waals surface area contributed by atoms with Gasteiger partial charge in [0.15, 0.2) is 0 Å². The average molecular weight is 290 g/mol. The summed E-state index contributed by atoms with van der Waals surface area (Å²) in [6, 6.07) is 9.71. The van der Waals surface area contributed by atoms with Crippen molar-refractivity contribution < 1.29 is 9.53 Å². The molecule has 0 amide bonds. The van der Waals surface area contributed by atoms with E-state index in [1.807, 2.05) is 50.5 Å². The zero-order chi connectivity index (χ0) is 14.4. The number of carbonyl (C=O) groups excluding carboxylic acids is 1. The molecule has 1 atom stereocenters. The first-order valence-electron chi connectivity index (χ1n) is 6.47. The second-order valence-corrected chi connectivity index (χ2v) is 5.75. The fourth-order valence-corrected chi connectivity index (χ4v) is 2.56. The van der Waals surface area contributed by atoms with Crippen LogP contribution in [0.1, 0.15) is 12.5 Å². The molecule has 1 heterocycles. The highest BCUT2D eigenvalue weighted by molar-refractivity contribution is 7.99. The summed E-state index contributed by atoms with van der Waals surface area (Å²) in [5.41, 5.74) is 1.01. The zero-order valence-electron chi connectivity index (χ0n) is 11.7. The van der Waals surface area contributed by atoms with Crippen molar-refractivity contribution in [3.8, 4) is 0 Å². The number of hydrogen-bond acceptors (Lipinski definition) is 4. The number of ether oxygens (including phenoxy) is 1. The Bertz CT molecular complexity index is 554. The number of benzene rings is 1. The Balaban J connectivity index is 1.74. The minimum Gasteiger partial charge on any atom is -0.461 e. The van der Waals surface area contributed by atoms with Crippen LogP contribution in [-0.4, -0.2) is 21.5 Å². The monoisotopic (exact) mass is 290 g/mol. The number of aryl methyl sites for hydroxylation is 1. The van der Waals surface area contributed by atoms with Crippen LogP contribution in [0, 0.1) is 5.92 Å². The Labute approximate surface area is 123 Å². The topological polar surface area (TPSA) is 44.1 Å². The molecular weight excluding hydrogens is 272 g/mol. The molecule has 1 aromatic carbocycles. The van der Waals surface area contributed by atoms with Crippen LogP contribution in [0.15, 0.2) is 47.6 Å². The van der Waals surface area contributed by atoms with Crippen LogP contribution in [0.3, 0.4) is 0 Å². The first kappa shape index (κ1) is 14.7. The van der Waals surface area contributed by atoms with Gasteiger partial charge in [0.05, 0.1) is 12.1 Å². The van der Waals surface area contributed by atoms with Crippen LogP contribution in [0.5, 0.6) is 0 Å². The molecule has 0 saturated carbocycles. The number of carbonyl (C=O) groups is 1. The maximum atomic E-state index is 11.9. The molecule has 0 saturated heterocycles. The van der Waals surface area contributed by atoms with Gasteiger partial charge in [-0.1, -0.05) is 37.3 Å². The van der Waals surface area contributed by atoms with E-state index in [0.29, 0.717) is 12.4 Å². The van der Waals surface area contributed by atoms with Crippen molar-refractivity contribution in [1.82, 2.24) is 9.78 Å². The van der Waals surface area contributed by atoms with E-state index in [2.05, 4.69) is 5.10 Å². The van der Waals surface area contributed by atoms with Crippen molar-refractivity contribution in [3.63, 3.8) is 0 Å². The summed E-state index contributed by atoms with van der Waals surface area (Å²) in [7, 11) is 1.88. The SMILES string of the molecule is CC(CSc1cnn(C)c1)C(=O)OCc1ccccc1. The third kappa shape index (κ3) is 4.42. The highest BCUT2D eigenvalue weighted by Crippen LogP contribution is 2.20. The second-order valence-electron chi connectivity index (χ2n) is 4.66. The first-order valence-corrected chi connectivity index (χ1v) is 7.45. The van der Waals surface area contributed by atoms with Gasteiger partial charge in [0, 0.05) is 23.9 Å². The summed E-state index contributed by atoms with van der Waals surface area (Å²) in [6.07, 6.45) is 3.74. The van der Waals surface area contributed by atoms with Crippen molar-refractivity contribution in [2.75, 3.05) is 5.75 Å². The molecule has 20 heavy (non-hydrogen) atoms. The smallest absolute Gasteiger partial charge is 0.309 e. The summed E-state index contributed by atoms with van der Waals surface area (Å²) in [6.45, 7) is 2.22. The number of rotatable bonds is 6. The molecule has 0 aliphatic rings. The lowest BCUT2D eigenvalue weighted by Gasteiger charge is -2.10. The summed E-state index contributed by atoms with van der Waals surface area (Å²) in [5.74, 6) is 0.397. The van der Waals surface area contributed by atoms with E-state index in [1.165, 1.54) is 0 Å². The van der Waals surface area contributed by atoms with Gasteiger partial charge in [-0.05, 0) is 5.56 Å². The summed E-state index contributed by atoms with van der Waals surface area (Å²) in [4.78, 5) is 13.0. The van der Waals surface area contributed by atoms with E-state index in [1.54, 1.807) is 22.6 Å². The highest BCUT2D eigenvalue weighted by Gasteiger charge is 2.15. The minimum atomic E-state index is -0.162. The van der Waals surface area contributed by atoms with Crippen LogP contribution in [0.4, 0.5) is 0 Å². The van der Waals surface area contributed by atoms with Crippen LogP contribution >= 0.6 is 11.8 Å². The van der Waals surface area contributed by atoms with Crippen molar-refractivity contribution in [1.29, 1.82) is 0 Å². The number of nitrogens with zero attached hydrogens (tertiary/aromatic N) is 2. The van der Waals surface area contributed by atoms with Crippen LogP contribution in [-0.2, 0) is 23.2 Å². The Morgan fingerprint density at radius 1 is 1.40 bits per heavy atom. The Morgan fingerprint density at radius 2 is 2.15 bits per heavy atom. The fraction of sp³-hybridized carbons (Fsp3) is 0.333.